The van der Waals surface area contributed by atoms with Crippen LogP contribution in [0.25, 0.3) is 0 Å². The molecule has 0 aliphatic rings. The van der Waals surface area contributed by atoms with Crippen molar-refractivity contribution in [1.82, 2.24) is 0 Å². The Bertz CT molecular complexity index is 418. The zero-order valence-corrected chi connectivity index (χ0v) is 10.9. The Morgan fingerprint density at radius 3 is 2.81 bits per heavy atom. The summed E-state index contributed by atoms with van der Waals surface area (Å²) >= 11 is 2.06. The molecule has 1 aromatic rings. The molecule has 0 aliphatic heterocycles. The third-order valence-electron chi connectivity index (χ3n) is 1.91. The van der Waals surface area contributed by atoms with Crippen LogP contribution in [0.2, 0.25) is 0 Å². The maximum Gasteiger partial charge on any atom is 0.311 e. The molecule has 0 saturated carbocycles. The van der Waals surface area contributed by atoms with E-state index in [4.69, 9.17) is 10.1 Å². The molecule has 0 radical (unpaired) electrons. The number of phenolic OH excluding ortho intramolecular Hbond substituents is 1. The van der Waals surface area contributed by atoms with Gasteiger partial charge in [0.25, 0.3) is 0 Å². The molecule has 2 N–H and O–H groups in total. The molecule has 0 spiro atoms. The van der Waals surface area contributed by atoms with Gasteiger partial charge < -0.3 is 15.3 Å². The quantitative estimate of drug-likeness (QED) is 0.505. The van der Waals surface area contributed by atoms with Crippen LogP contribution >= 0.6 is 22.6 Å². The highest BCUT2D eigenvalue weighted by Crippen LogP contribution is 2.21. The smallest absolute Gasteiger partial charge is 0.311 e. The summed E-state index contributed by atoms with van der Waals surface area (Å²) in [5.41, 5.74) is 0.431. The lowest BCUT2D eigenvalue weighted by molar-refractivity contribution is -0.141. The van der Waals surface area contributed by atoms with E-state index in [1.165, 1.54) is 0 Å². The van der Waals surface area contributed by atoms with Crippen molar-refractivity contribution in [2.75, 3.05) is 6.61 Å². The van der Waals surface area contributed by atoms with Crippen LogP contribution in [0.15, 0.2) is 18.2 Å². The van der Waals surface area contributed by atoms with Gasteiger partial charge in [-0.25, -0.2) is 0 Å². The summed E-state index contributed by atoms with van der Waals surface area (Å²) in [6, 6.07) is 4.95. The number of halogens is 1. The summed E-state index contributed by atoms with van der Waals surface area (Å²) in [6.07, 6.45) is -0.123. The van der Waals surface area contributed by atoms with Crippen LogP contribution < -0.4 is 0 Å². The minimum absolute atomic E-state index is 0.0150. The molecule has 0 heterocycles. The van der Waals surface area contributed by atoms with E-state index in [-0.39, 0.29) is 17.9 Å². The first-order valence-corrected chi connectivity index (χ1v) is 5.84. The molecule has 0 atom stereocenters. The number of ether oxygens (including phenoxy) is 1. The Hall–Kier alpha value is -1.11. The van der Waals surface area contributed by atoms with Crippen molar-refractivity contribution in [1.29, 1.82) is 5.41 Å². The molecule has 0 amide bonds. The molecule has 0 aromatic heterocycles. The fourth-order valence-electron chi connectivity index (χ4n) is 1.21. The second-order valence-corrected chi connectivity index (χ2v) is 4.37. The highest BCUT2D eigenvalue weighted by molar-refractivity contribution is 14.1. The molecule has 1 aromatic carbocycles. The first-order chi connectivity index (χ1) is 7.54. The van der Waals surface area contributed by atoms with Crippen LogP contribution in [-0.2, 0) is 9.53 Å². The van der Waals surface area contributed by atoms with Gasteiger partial charge in [0, 0.05) is 9.13 Å². The minimum atomic E-state index is -0.453. The Morgan fingerprint density at radius 2 is 2.25 bits per heavy atom. The zero-order chi connectivity index (χ0) is 12.1. The van der Waals surface area contributed by atoms with E-state index in [9.17, 15) is 9.90 Å². The lowest BCUT2D eigenvalue weighted by Crippen LogP contribution is -2.11. The van der Waals surface area contributed by atoms with Crippen molar-refractivity contribution >= 4 is 34.3 Å². The van der Waals surface area contributed by atoms with Gasteiger partial charge in [0.2, 0.25) is 0 Å². The van der Waals surface area contributed by atoms with Gasteiger partial charge >= 0.3 is 5.97 Å². The normalized spacial score (nSPS) is 9.88. The molecule has 16 heavy (non-hydrogen) atoms. The lowest BCUT2D eigenvalue weighted by atomic mass is 10.1. The highest BCUT2D eigenvalue weighted by Gasteiger charge is 2.12. The molecule has 0 bridgehead atoms. The third-order valence-corrected chi connectivity index (χ3v) is 2.58. The number of benzene rings is 1. The number of aromatic hydroxyl groups is 1. The maximum absolute atomic E-state index is 11.2. The monoisotopic (exact) mass is 333 g/mol. The van der Waals surface area contributed by atoms with E-state index in [0.29, 0.717) is 12.2 Å². The van der Waals surface area contributed by atoms with Crippen molar-refractivity contribution in [3.05, 3.63) is 27.3 Å². The number of hydrogen-bond donors (Lipinski definition) is 2. The molecule has 5 heteroatoms. The SMILES string of the molecule is CCOC(=O)CC(=N)c1ccc(I)cc1O. The second kappa shape index (κ2) is 5.83. The van der Waals surface area contributed by atoms with Crippen LogP contribution in [0.4, 0.5) is 0 Å². The minimum Gasteiger partial charge on any atom is -0.507 e. The molecule has 4 nitrogen and oxygen atoms in total. The first kappa shape index (κ1) is 13.0. The van der Waals surface area contributed by atoms with Crippen molar-refractivity contribution in [2.24, 2.45) is 0 Å². The van der Waals surface area contributed by atoms with Crippen molar-refractivity contribution in [3.63, 3.8) is 0 Å². The van der Waals surface area contributed by atoms with Crippen molar-refractivity contribution in [3.8, 4) is 5.75 Å². The van der Waals surface area contributed by atoms with E-state index in [2.05, 4.69) is 22.6 Å². The Balaban J connectivity index is 2.77. The van der Waals surface area contributed by atoms with E-state index in [1.54, 1.807) is 25.1 Å². The van der Waals surface area contributed by atoms with Crippen LogP contribution in [0.5, 0.6) is 5.75 Å². The molecule has 0 saturated heterocycles. The van der Waals surface area contributed by atoms with Gasteiger partial charge in [-0.2, -0.15) is 0 Å². The molecule has 0 aliphatic carbocycles. The van der Waals surface area contributed by atoms with Gasteiger partial charge in [-0.1, -0.05) is 0 Å². The molecule has 86 valence electrons. The zero-order valence-electron chi connectivity index (χ0n) is 8.79. The van der Waals surface area contributed by atoms with Crippen LogP contribution in [0.1, 0.15) is 18.9 Å². The third kappa shape index (κ3) is 3.48. The summed E-state index contributed by atoms with van der Waals surface area (Å²) in [6.45, 7) is 2.01. The summed E-state index contributed by atoms with van der Waals surface area (Å²) in [5.74, 6) is -0.438. The fraction of sp³-hybridized carbons (Fsp3) is 0.273. The van der Waals surface area contributed by atoms with Gasteiger partial charge in [0.1, 0.15) is 5.75 Å². The summed E-state index contributed by atoms with van der Waals surface area (Å²) in [5, 5.41) is 17.3. The topological polar surface area (TPSA) is 70.4 Å². The average molecular weight is 333 g/mol. The number of carbonyl (C=O) groups is 1. The molecule has 1 rings (SSSR count). The Kier molecular flexibility index (Phi) is 4.72. The van der Waals surface area contributed by atoms with E-state index in [1.807, 2.05) is 0 Å². The van der Waals surface area contributed by atoms with Crippen LogP contribution in [0, 0.1) is 8.98 Å². The van der Waals surface area contributed by atoms with Crippen molar-refractivity contribution < 1.29 is 14.6 Å². The summed E-state index contributed by atoms with van der Waals surface area (Å²) in [4.78, 5) is 11.2. The number of nitrogens with one attached hydrogen (secondary N) is 1. The second-order valence-electron chi connectivity index (χ2n) is 3.12. The molecular weight excluding hydrogens is 321 g/mol. The van der Waals surface area contributed by atoms with Gasteiger partial charge in [-0.15, -0.1) is 0 Å². The summed E-state index contributed by atoms with van der Waals surface area (Å²) in [7, 11) is 0. The Morgan fingerprint density at radius 1 is 1.56 bits per heavy atom. The lowest BCUT2D eigenvalue weighted by Gasteiger charge is -2.06. The molecular formula is C11H12INO3. The van der Waals surface area contributed by atoms with Gasteiger partial charge in [-0.05, 0) is 47.7 Å². The average Bonchev–Trinajstić information content (AvgIpc) is 2.17. The molecule has 0 unspecified atom stereocenters. The first-order valence-electron chi connectivity index (χ1n) is 4.76. The van der Waals surface area contributed by atoms with Gasteiger partial charge in [0.05, 0.1) is 18.7 Å². The highest BCUT2D eigenvalue weighted by atomic mass is 127. The number of carbonyl (C=O) groups excluding carboxylic acids is 1. The van der Waals surface area contributed by atoms with E-state index < -0.39 is 5.97 Å². The van der Waals surface area contributed by atoms with Gasteiger partial charge in [0.15, 0.2) is 0 Å². The number of hydrogen-bond acceptors (Lipinski definition) is 4. The summed E-state index contributed by atoms with van der Waals surface area (Å²) < 4.78 is 5.61. The number of esters is 1. The van der Waals surface area contributed by atoms with Gasteiger partial charge in [-0.3, -0.25) is 4.79 Å². The number of phenols is 1. The standard InChI is InChI=1S/C11H12INO3/c1-2-16-11(15)6-9(13)8-4-3-7(12)5-10(8)14/h3-5,13-14H,2,6H2,1H3. The van der Waals surface area contributed by atoms with Crippen LogP contribution in [-0.4, -0.2) is 23.4 Å². The molecule has 0 fully saturated rings. The largest absolute Gasteiger partial charge is 0.507 e. The number of rotatable bonds is 4. The fourth-order valence-corrected chi connectivity index (χ4v) is 1.69. The van der Waals surface area contributed by atoms with Crippen LogP contribution in [0.3, 0.4) is 0 Å². The van der Waals surface area contributed by atoms with Crippen molar-refractivity contribution in [2.45, 2.75) is 13.3 Å². The Labute approximate surface area is 107 Å². The predicted octanol–water partition coefficient (Wildman–Crippen LogP) is 2.32. The maximum atomic E-state index is 11.2. The van der Waals surface area contributed by atoms with E-state index >= 15 is 0 Å². The predicted molar refractivity (Wildman–Crippen MR) is 68.9 cm³/mol. The van der Waals surface area contributed by atoms with E-state index in [0.717, 1.165) is 3.57 Å².